The number of ether oxygens (including phenoxy) is 1. The monoisotopic (exact) mass is 510 g/mol. The zero-order valence-corrected chi connectivity index (χ0v) is 22.1. The minimum Gasteiger partial charge on any atom is -0.449 e. The zero-order valence-electron chi connectivity index (χ0n) is 22.1. The van der Waals surface area contributed by atoms with Gasteiger partial charge >= 0.3 is 13.2 Å². The highest BCUT2D eigenvalue weighted by Crippen LogP contribution is 2.44. The normalized spacial score (nSPS) is 17.6. The Kier molecular flexibility index (Phi) is 6.94. The number of amides is 1. The van der Waals surface area contributed by atoms with Crippen LogP contribution in [0.15, 0.2) is 72.3 Å². The maximum absolute atomic E-state index is 12.8. The minimum absolute atomic E-state index is 0.0198. The van der Waals surface area contributed by atoms with Crippen molar-refractivity contribution in [3.05, 3.63) is 94.7 Å². The summed E-state index contributed by atoms with van der Waals surface area (Å²) in [5.74, 6) is -0.0198. The predicted molar refractivity (Wildman–Crippen MR) is 147 cm³/mol. The number of nitrogens with one attached hydrogen (secondary N) is 1. The van der Waals surface area contributed by atoms with E-state index in [1.54, 1.807) is 18.3 Å². The molecule has 1 N–H and O–H groups in total. The Morgan fingerprint density at radius 3 is 2.13 bits per heavy atom. The van der Waals surface area contributed by atoms with Crippen LogP contribution < -0.4 is 5.32 Å². The molecule has 3 aromatic rings. The molecule has 194 valence electrons. The second-order valence-corrected chi connectivity index (χ2v) is 10.6. The van der Waals surface area contributed by atoms with Crippen molar-refractivity contribution in [3.63, 3.8) is 0 Å². The number of hydrogen-bond acceptors (Lipinski definition) is 6. The molecule has 0 saturated carbocycles. The summed E-state index contributed by atoms with van der Waals surface area (Å²) in [4.78, 5) is 28.0. The van der Waals surface area contributed by atoms with Crippen molar-refractivity contribution in [1.82, 2.24) is 10.3 Å². The number of nitrogens with zero attached hydrogens (tertiary/aromatic N) is 1. The number of carbonyl (C=O) groups is 2. The average Bonchev–Trinajstić information content (AvgIpc) is 3.34. The van der Waals surface area contributed by atoms with Gasteiger partial charge in [0.2, 0.25) is 0 Å². The number of aldehydes is 1. The molecule has 7 nitrogen and oxygen atoms in total. The molecule has 8 heteroatoms. The van der Waals surface area contributed by atoms with Crippen molar-refractivity contribution in [3.8, 4) is 11.1 Å². The lowest BCUT2D eigenvalue weighted by Crippen LogP contribution is -2.41. The molecule has 1 saturated heterocycles. The van der Waals surface area contributed by atoms with E-state index in [0.717, 1.165) is 16.7 Å². The summed E-state index contributed by atoms with van der Waals surface area (Å²) in [6, 6.07) is 19.9. The first-order valence-corrected chi connectivity index (χ1v) is 12.7. The van der Waals surface area contributed by atoms with E-state index in [4.69, 9.17) is 14.0 Å². The number of carbonyl (C=O) groups excluding carboxylic acids is 2. The van der Waals surface area contributed by atoms with Gasteiger partial charge in [0, 0.05) is 18.7 Å². The lowest BCUT2D eigenvalue weighted by molar-refractivity contribution is 0.00578. The van der Waals surface area contributed by atoms with Crippen LogP contribution in [0.2, 0.25) is 0 Å². The fraction of sp³-hybridized carbons (Fsp3) is 0.300. The lowest BCUT2D eigenvalue weighted by Gasteiger charge is -2.32. The van der Waals surface area contributed by atoms with Gasteiger partial charge in [-0.2, -0.15) is 0 Å². The summed E-state index contributed by atoms with van der Waals surface area (Å²) < 4.78 is 18.2. The second-order valence-electron chi connectivity index (χ2n) is 10.6. The van der Waals surface area contributed by atoms with Gasteiger partial charge in [-0.1, -0.05) is 60.7 Å². The van der Waals surface area contributed by atoms with Crippen molar-refractivity contribution < 1.29 is 23.6 Å². The largest absolute Gasteiger partial charge is 0.492 e. The summed E-state index contributed by atoms with van der Waals surface area (Å²) in [6.45, 7) is 8.29. The van der Waals surface area contributed by atoms with E-state index in [9.17, 15) is 9.59 Å². The quantitative estimate of drug-likeness (QED) is 0.336. The van der Waals surface area contributed by atoms with Crippen LogP contribution in [-0.4, -0.2) is 48.8 Å². The molecule has 1 aromatic heterocycles. The molecule has 2 aliphatic rings. The van der Waals surface area contributed by atoms with Crippen molar-refractivity contribution >= 4 is 25.6 Å². The molecule has 2 aromatic carbocycles. The van der Waals surface area contributed by atoms with Crippen molar-refractivity contribution in [1.29, 1.82) is 0 Å². The average molecular weight is 510 g/mol. The van der Waals surface area contributed by atoms with Crippen molar-refractivity contribution in [2.24, 2.45) is 0 Å². The molecule has 2 heterocycles. The third-order valence-electron chi connectivity index (χ3n) is 7.62. The molecule has 1 fully saturated rings. The van der Waals surface area contributed by atoms with Crippen LogP contribution >= 0.6 is 0 Å². The Morgan fingerprint density at radius 1 is 0.974 bits per heavy atom. The van der Waals surface area contributed by atoms with Crippen LogP contribution in [0, 0.1) is 0 Å². The van der Waals surface area contributed by atoms with Crippen LogP contribution in [0.4, 0.5) is 4.79 Å². The topological polar surface area (TPSA) is 86.8 Å². The van der Waals surface area contributed by atoms with Gasteiger partial charge in [-0.3, -0.25) is 9.78 Å². The number of benzene rings is 2. The van der Waals surface area contributed by atoms with Gasteiger partial charge in [-0.25, -0.2) is 4.79 Å². The molecule has 0 radical (unpaired) electrons. The van der Waals surface area contributed by atoms with Crippen LogP contribution in [0.1, 0.15) is 60.8 Å². The van der Waals surface area contributed by atoms with E-state index < -0.39 is 24.4 Å². The Labute approximate surface area is 223 Å². The minimum atomic E-state index is -0.667. The fourth-order valence-electron chi connectivity index (χ4n) is 4.81. The van der Waals surface area contributed by atoms with Crippen LogP contribution in [0.3, 0.4) is 0 Å². The third-order valence-corrected chi connectivity index (χ3v) is 7.62. The number of aromatic nitrogens is 1. The second kappa shape index (κ2) is 10.2. The maximum atomic E-state index is 12.8. The first-order chi connectivity index (χ1) is 18.2. The van der Waals surface area contributed by atoms with Gasteiger partial charge in [-0.05, 0) is 67.1 Å². The summed E-state index contributed by atoms with van der Waals surface area (Å²) in [6.07, 6.45) is 3.63. The highest BCUT2D eigenvalue weighted by molar-refractivity contribution is 6.56. The van der Waals surface area contributed by atoms with E-state index in [1.807, 2.05) is 58.0 Å². The third kappa shape index (κ3) is 5.02. The SMILES string of the molecule is CC1(C)OB(C(=Cc2ccc(C=O)nc2)CNC(=O)OCC2c3ccccc3-c3ccccc32)OC1(C)C. The first-order valence-electron chi connectivity index (χ1n) is 12.7. The molecule has 0 unspecified atom stereocenters. The summed E-state index contributed by atoms with van der Waals surface area (Å²) in [5.41, 5.74) is 5.40. The van der Waals surface area contributed by atoms with Gasteiger partial charge in [0.25, 0.3) is 0 Å². The van der Waals surface area contributed by atoms with E-state index in [1.165, 1.54) is 11.1 Å². The van der Waals surface area contributed by atoms with Crippen molar-refractivity contribution in [2.45, 2.75) is 44.8 Å². The number of alkyl carbamates (subject to hydrolysis) is 1. The van der Waals surface area contributed by atoms with Crippen LogP contribution in [0.25, 0.3) is 17.2 Å². The van der Waals surface area contributed by atoms with E-state index >= 15 is 0 Å². The number of hydrogen-bond donors (Lipinski definition) is 1. The summed E-state index contributed by atoms with van der Waals surface area (Å²) in [5, 5.41) is 2.86. The Hall–Kier alpha value is -3.75. The highest BCUT2D eigenvalue weighted by Gasteiger charge is 2.52. The number of rotatable bonds is 7. The molecular weight excluding hydrogens is 479 g/mol. The Bertz CT molecular complexity index is 1320. The Balaban J connectivity index is 1.29. The molecular formula is C30H31BN2O5. The van der Waals surface area contributed by atoms with Gasteiger partial charge in [0.15, 0.2) is 6.29 Å². The standard InChI is InChI=1S/C30H31BN2O5/c1-29(2)30(3,4)38-31(37-29)21(15-20-13-14-22(18-34)32-16-20)17-33-28(35)36-19-27-25-11-7-5-9-23(25)24-10-6-8-12-26(24)27/h5-16,18,27H,17,19H2,1-4H3,(H,33,35). The highest BCUT2D eigenvalue weighted by atomic mass is 16.7. The molecule has 1 aliphatic carbocycles. The summed E-state index contributed by atoms with van der Waals surface area (Å²) in [7, 11) is -0.667. The predicted octanol–water partition coefficient (Wildman–Crippen LogP) is 5.45. The molecule has 1 aliphatic heterocycles. The number of fused-ring (bicyclic) bond motifs is 3. The first kappa shape index (κ1) is 25.9. The van der Waals surface area contributed by atoms with Crippen molar-refractivity contribution in [2.75, 3.05) is 13.2 Å². The molecule has 1 amide bonds. The van der Waals surface area contributed by atoms with E-state index in [0.29, 0.717) is 17.5 Å². The smallest absolute Gasteiger partial charge is 0.449 e. The van der Waals surface area contributed by atoms with Crippen LogP contribution in [-0.2, 0) is 14.0 Å². The van der Waals surface area contributed by atoms with Gasteiger partial charge in [-0.15, -0.1) is 0 Å². The molecule has 38 heavy (non-hydrogen) atoms. The van der Waals surface area contributed by atoms with E-state index in [-0.39, 0.29) is 19.1 Å². The lowest BCUT2D eigenvalue weighted by atomic mass is 9.77. The summed E-state index contributed by atoms with van der Waals surface area (Å²) >= 11 is 0. The van der Waals surface area contributed by atoms with Gasteiger partial charge in [0.1, 0.15) is 12.3 Å². The molecule has 0 spiro atoms. The van der Waals surface area contributed by atoms with E-state index in [2.05, 4.69) is 34.6 Å². The number of pyridine rings is 1. The Morgan fingerprint density at radius 2 is 1.58 bits per heavy atom. The fourth-order valence-corrected chi connectivity index (χ4v) is 4.81. The molecule has 5 rings (SSSR count). The molecule has 0 atom stereocenters. The zero-order chi connectivity index (χ0) is 26.9. The van der Waals surface area contributed by atoms with Gasteiger partial charge in [0.05, 0.1) is 11.2 Å². The molecule has 0 bridgehead atoms. The van der Waals surface area contributed by atoms with Crippen LogP contribution in [0.5, 0.6) is 0 Å². The van der Waals surface area contributed by atoms with Gasteiger partial charge < -0.3 is 19.4 Å². The maximum Gasteiger partial charge on any atom is 0.492 e.